The molecule has 0 aromatic carbocycles. The van der Waals surface area contributed by atoms with E-state index in [2.05, 4.69) is 9.80 Å². The van der Waals surface area contributed by atoms with E-state index in [1.54, 1.807) is 0 Å². The first kappa shape index (κ1) is 15.7. The first-order valence-electron chi connectivity index (χ1n) is 7.61. The number of rotatable bonds is 4. The SMILES string of the molecule is CC(C(=O)N1CCCCC1)N1CCN(CC(N)=S)CC1. The van der Waals surface area contributed by atoms with Gasteiger partial charge in [-0.05, 0) is 26.2 Å². The summed E-state index contributed by atoms with van der Waals surface area (Å²) in [5.74, 6) is 0.299. The summed E-state index contributed by atoms with van der Waals surface area (Å²) in [5, 5.41) is 0. The summed E-state index contributed by atoms with van der Waals surface area (Å²) in [4.78, 5) is 19.6. The quantitative estimate of drug-likeness (QED) is 0.756. The van der Waals surface area contributed by atoms with Crippen molar-refractivity contribution < 1.29 is 4.79 Å². The maximum atomic E-state index is 12.5. The number of piperidine rings is 1. The zero-order valence-electron chi connectivity index (χ0n) is 12.4. The molecule has 114 valence electrons. The number of carbonyl (C=O) groups excluding carboxylic acids is 1. The van der Waals surface area contributed by atoms with Crippen LogP contribution in [0.4, 0.5) is 0 Å². The Kier molecular flexibility index (Phi) is 5.74. The zero-order valence-corrected chi connectivity index (χ0v) is 13.2. The molecule has 2 rings (SSSR count). The van der Waals surface area contributed by atoms with Crippen molar-refractivity contribution in [2.75, 3.05) is 45.8 Å². The number of hydrogen-bond donors (Lipinski definition) is 1. The molecule has 0 bridgehead atoms. The fourth-order valence-corrected chi connectivity index (χ4v) is 3.25. The summed E-state index contributed by atoms with van der Waals surface area (Å²) >= 11 is 4.95. The monoisotopic (exact) mass is 298 g/mol. The Bertz CT molecular complexity index is 349. The highest BCUT2D eigenvalue weighted by atomic mass is 32.1. The maximum absolute atomic E-state index is 12.5. The number of amides is 1. The van der Waals surface area contributed by atoms with E-state index in [1.165, 1.54) is 6.42 Å². The lowest BCUT2D eigenvalue weighted by Gasteiger charge is -2.39. The molecule has 1 unspecified atom stereocenters. The van der Waals surface area contributed by atoms with Gasteiger partial charge in [0, 0.05) is 45.8 Å². The van der Waals surface area contributed by atoms with E-state index in [0.29, 0.717) is 17.4 Å². The number of nitrogens with two attached hydrogens (primary N) is 1. The third kappa shape index (κ3) is 4.14. The highest BCUT2D eigenvalue weighted by Gasteiger charge is 2.29. The number of carbonyl (C=O) groups is 1. The Morgan fingerprint density at radius 1 is 1.10 bits per heavy atom. The van der Waals surface area contributed by atoms with Crippen LogP contribution in [0, 0.1) is 0 Å². The van der Waals surface area contributed by atoms with Gasteiger partial charge in [-0.25, -0.2) is 0 Å². The van der Waals surface area contributed by atoms with E-state index >= 15 is 0 Å². The molecule has 5 nitrogen and oxygen atoms in total. The van der Waals surface area contributed by atoms with Gasteiger partial charge in [-0.1, -0.05) is 12.2 Å². The standard InChI is InChI=1S/C14H26N4OS/c1-12(14(19)18-5-3-2-4-6-18)17-9-7-16(8-10-17)11-13(15)20/h12H,2-11H2,1H3,(H2,15,20). The van der Waals surface area contributed by atoms with Crippen molar-refractivity contribution in [1.82, 2.24) is 14.7 Å². The second-order valence-electron chi connectivity index (χ2n) is 5.84. The molecule has 0 aliphatic carbocycles. The fraction of sp³-hybridized carbons (Fsp3) is 0.857. The van der Waals surface area contributed by atoms with Crippen LogP contribution in [0.1, 0.15) is 26.2 Å². The Morgan fingerprint density at radius 3 is 2.25 bits per heavy atom. The Morgan fingerprint density at radius 2 is 1.70 bits per heavy atom. The average molecular weight is 298 g/mol. The van der Waals surface area contributed by atoms with Crippen LogP contribution in [-0.4, -0.2) is 77.5 Å². The number of thiocarbonyl (C=S) groups is 1. The molecule has 2 heterocycles. The fourth-order valence-electron chi connectivity index (χ4n) is 3.06. The van der Waals surface area contributed by atoms with Crippen molar-refractivity contribution in [3.63, 3.8) is 0 Å². The second kappa shape index (κ2) is 7.33. The van der Waals surface area contributed by atoms with Gasteiger partial charge in [0.25, 0.3) is 0 Å². The first-order chi connectivity index (χ1) is 9.58. The molecular weight excluding hydrogens is 272 g/mol. The maximum Gasteiger partial charge on any atom is 0.239 e. The molecule has 1 atom stereocenters. The number of hydrogen-bond acceptors (Lipinski definition) is 4. The third-order valence-corrected chi connectivity index (χ3v) is 4.49. The smallest absolute Gasteiger partial charge is 0.239 e. The van der Waals surface area contributed by atoms with Crippen molar-refractivity contribution >= 4 is 23.1 Å². The topological polar surface area (TPSA) is 52.8 Å². The molecule has 0 aromatic heterocycles. The van der Waals surface area contributed by atoms with Gasteiger partial charge >= 0.3 is 0 Å². The lowest BCUT2D eigenvalue weighted by atomic mass is 10.1. The predicted molar refractivity (Wildman–Crippen MR) is 84.7 cm³/mol. The van der Waals surface area contributed by atoms with Crippen molar-refractivity contribution in [2.45, 2.75) is 32.2 Å². The van der Waals surface area contributed by atoms with Crippen LogP contribution < -0.4 is 5.73 Å². The molecule has 2 aliphatic heterocycles. The van der Waals surface area contributed by atoms with Crippen LogP contribution in [-0.2, 0) is 4.79 Å². The summed E-state index contributed by atoms with van der Waals surface area (Å²) in [6, 6.07) is 0.0000723. The van der Waals surface area contributed by atoms with Crippen LogP contribution in [0.15, 0.2) is 0 Å². The van der Waals surface area contributed by atoms with E-state index in [4.69, 9.17) is 18.0 Å². The lowest BCUT2D eigenvalue weighted by Crippen LogP contribution is -2.55. The Hall–Kier alpha value is -0.720. The summed E-state index contributed by atoms with van der Waals surface area (Å²) in [5.41, 5.74) is 5.58. The van der Waals surface area contributed by atoms with E-state index < -0.39 is 0 Å². The molecule has 20 heavy (non-hydrogen) atoms. The minimum atomic E-state index is 0.0000723. The number of likely N-dealkylation sites (tertiary alicyclic amines) is 1. The van der Waals surface area contributed by atoms with Crippen molar-refractivity contribution in [1.29, 1.82) is 0 Å². The van der Waals surface area contributed by atoms with Crippen LogP contribution in [0.3, 0.4) is 0 Å². The minimum Gasteiger partial charge on any atom is -0.392 e. The second-order valence-corrected chi connectivity index (χ2v) is 6.36. The van der Waals surface area contributed by atoms with Gasteiger partial charge in [-0.3, -0.25) is 14.6 Å². The third-order valence-electron chi connectivity index (χ3n) is 4.36. The highest BCUT2D eigenvalue weighted by Crippen LogP contribution is 2.14. The molecule has 6 heteroatoms. The van der Waals surface area contributed by atoms with Gasteiger partial charge < -0.3 is 10.6 Å². The predicted octanol–water partition coefficient (Wildman–Crippen LogP) is 0.291. The van der Waals surface area contributed by atoms with Gasteiger partial charge in [-0.2, -0.15) is 0 Å². The van der Waals surface area contributed by atoms with Gasteiger partial charge in [-0.15, -0.1) is 0 Å². The summed E-state index contributed by atoms with van der Waals surface area (Å²) < 4.78 is 0. The highest BCUT2D eigenvalue weighted by molar-refractivity contribution is 7.80. The van der Waals surface area contributed by atoms with Crippen LogP contribution in [0.5, 0.6) is 0 Å². The van der Waals surface area contributed by atoms with Crippen molar-refractivity contribution in [3.8, 4) is 0 Å². The molecule has 2 saturated heterocycles. The van der Waals surface area contributed by atoms with Gasteiger partial charge in [0.1, 0.15) is 0 Å². The molecule has 2 fully saturated rings. The summed E-state index contributed by atoms with van der Waals surface area (Å²) in [6.45, 7) is 8.32. The number of nitrogens with zero attached hydrogens (tertiary/aromatic N) is 3. The summed E-state index contributed by atoms with van der Waals surface area (Å²) in [7, 11) is 0. The van der Waals surface area contributed by atoms with Crippen LogP contribution in [0.25, 0.3) is 0 Å². The Labute approximate surface area is 127 Å². The van der Waals surface area contributed by atoms with E-state index in [1.807, 2.05) is 11.8 Å². The van der Waals surface area contributed by atoms with Crippen LogP contribution in [0.2, 0.25) is 0 Å². The van der Waals surface area contributed by atoms with Crippen molar-refractivity contribution in [3.05, 3.63) is 0 Å². The van der Waals surface area contributed by atoms with Gasteiger partial charge in [0.2, 0.25) is 5.91 Å². The van der Waals surface area contributed by atoms with Gasteiger partial charge in [0.05, 0.1) is 11.0 Å². The molecular formula is C14H26N4OS. The molecule has 0 spiro atoms. The molecule has 2 N–H and O–H groups in total. The number of piperazine rings is 1. The first-order valence-corrected chi connectivity index (χ1v) is 8.02. The summed E-state index contributed by atoms with van der Waals surface area (Å²) in [6.07, 6.45) is 3.57. The Balaban J connectivity index is 1.80. The minimum absolute atomic E-state index is 0.0000723. The lowest BCUT2D eigenvalue weighted by molar-refractivity contribution is -0.138. The van der Waals surface area contributed by atoms with Gasteiger partial charge in [0.15, 0.2) is 0 Å². The average Bonchev–Trinajstić information content (AvgIpc) is 2.47. The van der Waals surface area contributed by atoms with E-state index in [-0.39, 0.29) is 6.04 Å². The van der Waals surface area contributed by atoms with Crippen LogP contribution >= 0.6 is 12.2 Å². The largest absolute Gasteiger partial charge is 0.392 e. The molecule has 0 radical (unpaired) electrons. The zero-order chi connectivity index (χ0) is 14.5. The molecule has 1 amide bonds. The van der Waals surface area contributed by atoms with E-state index in [0.717, 1.165) is 52.1 Å². The van der Waals surface area contributed by atoms with Crippen molar-refractivity contribution in [2.24, 2.45) is 5.73 Å². The molecule has 2 aliphatic rings. The van der Waals surface area contributed by atoms with E-state index in [9.17, 15) is 4.79 Å². The molecule has 0 aromatic rings. The normalized spacial score (nSPS) is 23.6. The molecule has 0 saturated carbocycles.